The molecule has 0 aliphatic rings. The first kappa shape index (κ1) is 16.7. The zero-order valence-corrected chi connectivity index (χ0v) is 11.5. The molecule has 0 saturated carbocycles. The van der Waals surface area contributed by atoms with Crippen LogP contribution in [-0.4, -0.2) is 23.6 Å². The fraction of sp³-hybridized carbons (Fsp3) is 0.364. The van der Waals surface area contributed by atoms with Crippen molar-refractivity contribution < 1.29 is 36.2 Å². The van der Waals surface area contributed by atoms with E-state index in [1.54, 1.807) is 0 Å². The molecule has 0 bridgehead atoms. The van der Waals surface area contributed by atoms with Gasteiger partial charge in [0.15, 0.2) is 17.3 Å². The van der Waals surface area contributed by atoms with Gasteiger partial charge in [-0.1, -0.05) is 15.9 Å². The number of carbonyl (C=O) groups excluding carboxylic acids is 1. The summed E-state index contributed by atoms with van der Waals surface area (Å²) in [6.07, 6.45) is -5.10. The lowest BCUT2D eigenvalue weighted by molar-refractivity contribution is -0.275. The number of alkyl halides is 6. The molecule has 0 saturated heterocycles. The second-order valence-corrected chi connectivity index (χ2v) is 4.94. The summed E-state index contributed by atoms with van der Waals surface area (Å²) in [5, 5.41) is 0. The van der Waals surface area contributed by atoms with E-state index >= 15 is 0 Å². The molecule has 0 aromatic heterocycles. The lowest BCUT2D eigenvalue weighted by Gasteiger charge is -2.15. The molecule has 0 heterocycles. The van der Waals surface area contributed by atoms with Crippen molar-refractivity contribution in [2.75, 3.05) is 0 Å². The van der Waals surface area contributed by atoms with Crippen molar-refractivity contribution >= 4 is 21.7 Å². The van der Waals surface area contributed by atoms with Crippen LogP contribution in [0.1, 0.15) is 17.3 Å². The second-order valence-electron chi connectivity index (χ2n) is 3.57. The Hall–Kier alpha value is -1.38. The predicted octanol–water partition coefficient (Wildman–Crippen LogP) is 4.15. The Morgan fingerprint density at radius 2 is 1.85 bits per heavy atom. The molecule has 0 amide bonds. The lowest BCUT2D eigenvalue weighted by Crippen LogP contribution is -2.19. The molecule has 0 fully saturated rings. The first-order chi connectivity index (χ1) is 9.10. The quantitative estimate of drug-likeness (QED) is 0.448. The van der Waals surface area contributed by atoms with E-state index < -0.39 is 35.1 Å². The van der Waals surface area contributed by atoms with Gasteiger partial charge >= 0.3 is 13.0 Å². The highest BCUT2D eigenvalue weighted by Gasteiger charge is 2.33. The Labute approximate surface area is 118 Å². The third-order valence-corrected chi connectivity index (χ3v) is 2.45. The SMILES string of the molecule is CC(Br)C(=O)c1ccc(OC(F)F)c(OC(F)(F)F)c1. The van der Waals surface area contributed by atoms with Crippen LogP contribution in [0.4, 0.5) is 22.0 Å². The number of halogens is 6. The van der Waals surface area contributed by atoms with Crippen molar-refractivity contribution in [1.29, 1.82) is 0 Å². The first-order valence-electron chi connectivity index (χ1n) is 5.13. The molecule has 3 nitrogen and oxygen atoms in total. The standard InChI is InChI=1S/C11H8BrF5O3/c1-5(12)9(18)6-2-3-7(19-10(13)14)8(4-6)20-11(15,16)17/h2-5,10H,1H3. The molecule has 0 spiro atoms. The van der Waals surface area contributed by atoms with Crippen LogP contribution in [0.25, 0.3) is 0 Å². The van der Waals surface area contributed by atoms with E-state index in [0.29, 0.717) is 6.07 Å². The van der Waals surface area contributed by atoms with Crippen molar-refractivity contribution in [2.24, 2.45) is 0 Å². The van der Waals surface area contributed by atoms with Gasteiger partial charge in [0.05, 0.1) is 4.83 Å². The number of benzene rings is 1. The summed E-state index contributed by atoms with van der Waals surface area (Å²) in [6.45, 7) is -1.85. The zero-order chi connectivity index (χ0) is 15.5. The highest BCUT2D eigenvalue weighted by molar-refractivity contribution is 9.10. The first-order valence-corrected chi connectivity index (χ1v) is 6.04. The minimum atomic E-state index is -5.10. The van der Waals surface area contributed by atoms with Crippen LogP contribution in [-0.2, 0) is 0 Å². The highest BCUT2D eigenvalue weighted by Crippen LogP contribution is 2.34. The summed E-state index contributed by atoms with van der Waals surface area (Å²) in [6, 6.07) is 2.59. The molecule has 1 unspecified atom stereocenters. The largest absolute Gasteiger partial charge is 0.573 e. The second kappa shape index (κ2) is 6.38. The number of hydrogen-bond acceptors (Lipinski definition) is 3. The smallest absolute Gasteiger partial charge is 0.431 e. The maximum absolute atomic E-state index is 12.2. The molecule has 1 aromatic rings. The van der Waals surface area contributed by atoms with Gasteiger partial charge in [0.1, 0.15) is 0 Å². The van der Waals surface area contributed by atoms with Gasteiger partial charge in [-0.15, -0.1) is 13.2 Å². The molecule has 1 atom stereocenters. The summed E-state index contributed by atoms with van der Waals surface area (Å²) in [7, 11) is 0. The van der Waals surface area contributed by atoms with Crippen LogP contribution in [0.5, 0.6) is 11.5 Å². The molecule has 1 aromatic carbocycles. The normalized spacial score (nSPS) is 13.2. The summed E-state index contributed by atoms with van der Waals surface area (Å²) in [5.74, 6) is -2.34. The number of ketones is 1. The van der Waals surface area contributed by atoms with Crippen molar-refractivity contribution in [2.45, 2.75) is 24.7 Å². The van der Waals surface area contributed by atoms with E-state index in [9.17, 15) is 26.7 Å². The monoisotopic (exact) mass is 362 g/mol. The average Bonchev–Trinajstić information content (AvgIpc) is 2.27. The molecule has 0 aliphatic heterocycles. The van der Waals surface area contributed by atoms with E-state index in [1.165, 1.54) is 6.92 Å². The summed E-state index contributed by atoms with van der Waals surface area (Å²) in [5.41, 5.74) is -0.129. The number of rotatable bonds is 5. The predicted molar refractivity (Wildman–Crippen MR) is 62.5 cm³/mol. The van der Waals surface area contributed by atoms with Crippen LogP contribution in [0.3, 0.4) is 0 Å². The molecule has 20 heavy (non-hydrogen) atoms. The van der Waals surface area contributed by atoms with Gasteiger partial charge in [0, 0.05) is 5.56 Å². The van der Waals surface area contributed by atoms with Crippen molar-refractivity contribution in [1.82, 2.24) is 0 Å². The lowest BCUT2D eigenvalue weighted by atomic mass is 10.1. The number of Topliss-reactive ketones (excluding diaryl/α,β-unsaturated/α-hetero) is 1. The van der Waals surface area contributed by atoms with E-state index in [2.05, 4.69) is 25.4 Å². The number of hydrogen-bond donors (Lipinski definition) is 0. The average molecular weight is 363 g/mol. The van der Waals surface area contributed by atoms with Gasteiger partial charge in [0.25, 0.3) is 0 Å². The molecule has 0 aliphatic carbocycles. The molecular weight excluding hydrogens is 355 g/mol. The van der Waals surface area contributed by atoms with Gasteiger partial charge in [-0.25, -0.2) is 0 Å². The van der Waals surface area contributed by atoms with Crippen molar-refractivity contribution in [3.8, 4) is 11.5 Å². The molecular formula is C11H8BrF5O3. The van der Waals surface area contributed by atoms with Crippen LogP contribution < -0.4 is 9.47 Å². The fourth-order valence-corrected chi connectivity index (χ4v) is 1.55. The topological polar surface area (TPSA) is 35.5 Å². The molecule has 1 rings (SSSR count). The van der Waals surface area contributed by atoms with Crippen LogP contribution in [0.2, 0.25) is 0 Å². The van der Waals surface area contributed by atoms with Gasteiger partial charge < -0.3 is 9.47 Å². The Kier molecular flexibility index (Phi) is 5.32. The Bertz CT molecular complexity index is 487. The van der Waals surface area contributed by atoms with Crippen LogP contribution >= 0.6 is 15.9 Å². The van der Waals surface area contributed by atoms with E-state index in [0.717, 1.165) is 12.1 Å². The Morgan fingerprint density at radius 1 is 1.25 bits per heavy atom. The minimum absolute atomic E-state index is 0.129. The van der Waals surface area contributed by atoms with Gasteiger partial charge in [0.2, 0.25) is 0 Å². The summed E-state index contributed by atoms with van der Waals surface area (Å²) < 4.78 is 68.2. The fourth-order valence-electron chi connectivity index (χ4n) is 1.29. The van der Waals surface area contributed by atoms with E-state index in [4.69, 9.17) is 0 Å². The van der Waals surface area contributed by atoms with E-state index in [1.807, 2.05) is 0 Å². The minimum Gasteiger partial charge on any atom is -0.431 e. The van der Waals surface area contributed by atoms with Crippen molar-refractivity contribution in [3.63, 3.8) is 0 Å². The summed E-state index contributed by atoms with van der Waals surface area (Å²) in [4.78, 5) is 11.0. The Balaban J connectivity index is 3.17. The molecule has 112 valence electrons. The van der Waals surface area contributed by atoms with Crippen molar-refractivity contribution in [3.05, 3.63) is 23.8 Å². The van der Waals surface area contributed by atoms with E-state index in [-0.39, 0.29) is 5.56 Å². The van der Waals surface area contributed by atoms with Crippen LogP contribution in [0, 0.1) is 0 Å². The maximum atomic E-state index is 12.2. The van der Waals surface area contributed by atoms with Gasteiger partial charge in [-0.2, -0.15) is 8.78 Å². The third kappa shape index (κ3) is 4.95. The summed E-state index contributed by atoms with van der Waals surface area (Å²) >= 11 is 2.96. The van der Waals surface area contributed by atoms with Crippen LogP contribution in [0.15, 0.2) is 18.2 Å². The molecule has 0 radical (unpaired) electrons. The van der Waals surface area contributed by atoms with Gasteiger partial charge in [-0.3, -0.25) is 4.79 Å². The number of carbonyl (C=O) groups is 1. The Morgan fingerprint density at radius 3 is 2.30 bits per heavy atom. The van der Waals surface area contributed by atoms with Gasteiger partial charge in [-0.05, 0) is 25.1 Å². The molecule has 9 heteroatoms. The maximum Gasteiger partial charge on any atom is 0.573 e. The molecule has 0 N–H and O–H groups in total. The number of ether oxygens (including phenoxy) is 2. The third-order valence-electron chi connectivity index (χ3n) is 2.03. The highest BCUT2D eigenvalue weighted by atomic mass is 79.9. The zero-order valence-electron chi connectivity index (χ0n) is 9.88.